The van der Waals surface area contributed by atoms with Gasteiger partial charge < -0.3 is 5.92 Å². The van der Waals surface area contributed by atoms with Crippen LogP contribution in [0.25, 0.3) is 0 Å². The van der Waals surface area contributed by atoms with Crippen LogP contribution in [0.1, 0.15) is 49.5 Å². The van der Waals surface area contributed by atoms with E-state index in [-0.39, 0.29) is 47.6 Å². The maximum Gasteiger partial charge on any atom is 0 e. The van der Waals surface area contributed by atoms with E-state index in [1.54, 1.807) is 0 Å². The third-order valence-corrected chi connectivity index (χ3v) is 0. The zero-order valence-electron chi connectivity index (χ0n) is 6.08. The van der Waals surface area contributed by atoms with E-state index in [9.17, 15) is 0 Å². The minimum atomic E-state index is 0. The summed E-state index contributed by atoms with van der Waals surface area (Å²) in [7, 11) is 0. The summed E-state index contributed by atoms with van der Waals surface area (Å²) in [6.45, 7) is 10.3. The van der Waals surface area contributed by atoms with Crippen molar-refractivity contribution >= 4 is 0 Å². The van der Waals surface area contributed by atoms with Gasteiger partial charge in [0.1, 0.15) is 0 Å². The predicted octanol–water partition coefficient (Wildman–Crippen LogP) is 3.92. The van der Waals surface area contributed by atoms with Gasteiger partial charge in [-0.05, 0) is 0 Å². The van der Waals surface area contributed by atoms with E-state index in [2.05, 4.69) is 20.8 Å². The summed E-state index contributed by atoms with van der Waals surface area (Å²) < 4.78 is 0. The molecular weight excluding hydrogens is 185 g/mol. The molecule has 0 aliphatic rings. The van der Waals surface area contributed by atoms with Gasteiger partial charge in [-0.2, -0.15) is 20.8 Å². The van der Waals surface area contributed by atoms with E-state index in [1.165, 1.54) is 5.92 Å². The first-order valence-electron chi connectivity index (χ1n) is 2.50. The van der Waals surface area contributed by atoms with Crippen LogP contribution in [0.2, 0.25) is 0 Å². The van der Waals surface area contributed by atoms with Crippen LogP contribution in [0.4, 0.5) is 0 Å². The normalized spacial score (nSPS) is 4.67. The Hall–Kier alpha value is 1.10. The van der Waals surface area contributed by atoms with Crippen LogP contribution in [0.3, 0.4) is 0 Å². The second-order valence-corrected chi connectivity index (χ2v) is 1.50. The molecule has 59 valence electrons. The van der Waals surface area contributed by atoms with Gasteiger partial charge in [-0.1, -0.05) is 28.7 Å². The molecule has 1 heteroatoms. The molecule has 0 heterocycles. The molecule has 0 unspecified atom stereocenters. The van der Waals surface area contributed by atoms with Crippen molar-refractivity contribution in [3.8, 4) is 0 Å². The van der Waals surface area contributed by atoms with Crippen LogP contribution in [-0.2, 0) is 32.7 Å². The molecule has 0 spiro atoms. The zero-order chi connectivity index (χ0) is 5.58. The number of rotatable bonds is 0. The Bertz CT molecular complexity index is 9.28. The van der Waals surface area contributed by atoms with Gasteiger partial charge in [0.25, 0.3) is 0 Å². The van der Waals surface area contributed by atoms with Gasteiger partial charge in [0.15, 0.2) is 0 Å². The molecule has 0 aromatic carbocycles. The minimum absolute atomic E-state index is 0. The molecule has 0 aliphatic carbocycles. The van der Waals surface area contributed by atoms with Crippen molar-refractivity contribution in [2.75, 3.05) is 0 Å². The molecule has 9 heavy (non-hydrogen) atoms. The fourth-order valence-electron chi connectivity index (χ4n) is 0. The summed E-state index contributed by atoms with van der Waals surface area (Å²) >= 11 is 0. The molecule has 0 aromatic rings. The molecule has 0 bridgehead atoms. The van der Waals surface area contributed by atoms with Crippen molar-refractivity contribution < 1.29 is 32.7 Å². The maximum absolute atomic E-state index is 2.08. The smallest absolute Gasteiger partial charge is 0 e. The molecular formula is C8H23Y-. The minimum Gasteiger partial charge on any atom is -0.323 e. The molecule has 1 radical (unpaired) electrons. The second-order valence-electron chi connectivity index (χ2n) is 1.50. The molecule has 0 nitrogen and oxygen atoms in total. The fraction of sp³-hybridized carbons (Fsp3) is 0.875. The topological polar surface area (TPSA) is 0 Å². The summed E-state index contributed by atoms with van der Waals surface area (Å²) in [6, 6.07) is 0. The molecule has 0 N–H and O–H groups in total. The van der Waals surface area contributed by atoms with Crippen LogP contribution in [-0.4, -0.2) is 0 Å². The predicted molar refractivity (Wildman–Crippen MR) is 45.1 cm³/mol. The Morgan fingerprint density at radius 3 is 0.778 bits per heavy atom. The van der Waals surface area contributed by atoms with Crippen molar-refractivity contribution in [1.82, 2.24) is 0 Å². The summed E-state index contributed by atoms with van der Waals surface area (Å²) in [4.78, 5) is 0. The van der Waals surface area contributed by atoms with Crippen molar-refractivity contribution in [2.45, 2.75) is 49.5 Å². The Balaban J connectivity index is -0.00000000990. The third-order valence-electron chi connectivity index (χ3n) is 0. The molecule has 0 fully saturated rings. The average Bonchev–Trinajstić information content (AvgIpc) is 1.41. The molecule has 0 saturated heterocycles. The second kappa shape index (κ2) is 35.5. The van der Waals surface area contributed by atoms with E-state index in [0.29, 0.717) is 0 Å². The number of hydrogen-bond acceptors (Lipinski definition) is 0. The van der Waals surface area contributed by atoms with Gasteiger partial charge in [-0.25, -0.2) is 0 Å². The van der Waals surface area contributed by atoms with Crippen LogP contribution in [0, 0.1) is 5.92 Å². The van der Waals surface area contributed by atoms with Crippen molar-refractivity contribution in [2.24, 2.45) is 0 Å². The fourth-order valence-corrected chi connectivity index (χ4v) is 0. The Morgan fingerprint density at radius 2 is 0.778 bits per heavy atom. The summed E-state index contributed by atoms with van der Waals surface area (Å²) in [6.07, 6.45) is 0. The van der Waals surface area contributed by atoms with E-state index in [0.717, 1.165) is 0 Å². The summed E-state index contributed by atoms with van der Waals surface area (Å²) in [5.41, 5.74) is 0. The first-order valence-corrected chi connectivity index (χ1v) is 2.50. The van der Waals surface area contributed by atoms with E-state index in [1.807, 2.05) is 13.8 Å². The first-order chi connectivity index (χ1) is 2.73. The van der Waals surface area contributed by atoms with Crippen LogP contribution in [0.5, 0.6) is 0 Å². The van der Waals surface area contributed by atoms with E-state index < -0.39 is 0 Å². The van der Waals surface area contributed by atoms with Crippen molar-refractivity contribution in [3.63, 3.8) is 0 Å². The van der Waals surface area contributed by atoms with Gasteiger partial charge in [-0.15, -0.1) is 0 Å². The Kier molecular flexibility index (Phi) is 127. The quantitative estimate of drug-likeness (QED) is 0.529. The summed E-state index contributed by atoms with van der Waals surface area (Å²) in [5, 5.41) is 0. The van der Waals surface area contributed by atoms with E-state index >= 15 is 0 Å². The van der Waals surface area contributed by atoms with Crippen LogP contribution < -0.4 is 0 Å². The van der Waals surface area contributed by atoms with E-state index in [4.69, 9.17) is 0 Å². The van der Waals surface area contributed by atoms with Gasteiger partial charge in [0.05, 0.1) is 0 Å². The summed E-state index contributed by atoms with van der Waals surface area (Å²) in [5.74, 6) is 1.42. The SMILES string of the molecule is C.C.CC.C[C-](C)C.[Y]. The molecule has 0 rings (SSSR count). The third kappa shape index (κ3) is 377. The van der Waals surface area contributed by atoms with Gasteiger partial charge in [0.2, 0.25) is 0 Å². The maximum atomic E-state index is 2.08. The van der Waals surface area contributed by atoms with Crippen molar-refractivity contribution in [1.29, 1.82) is 0 Å². The van der Waals surface area contributed by atoms with Gasteiger partial charge in [0, 0.05) is 32.7 Å². The number of hydrogen-bond donors (Lipinski definition) is 0. The Morgan fingerprint density at radius 1 is 0.778 bits per heavy atom. The average molecular weight is 208 g/mol. The van der Waals surface area contributed by atoms with Gasteiger partial charge >= 0.3 is 0 Å². The molecule has 0 aromatic heterocycles. The standard InChI is InChI=1S/C4H9.C2H6.2CH4.Y/c1-4(2)3;1-2;;;/h1-3H3;1-2H3;2*1H4;/q-1;;;;. The van der Waals surface area contributed by atoms with Crippen molar-refractivity contribution in [3.05, 3.63) is 5.92 Å². The molecule has 0 amide bonds. The molecule has 0 atom stereocenters. The van der Waals surface area contributed by atoms with Gasteiger partial charge in [-0.3, -0.25) is 0 Å². The monoisotopic (exact) mass is 208 g/mol. The van der Waals surface area contributed by atoms with Crippen LogP contribution in [0.15, 0.2) is 0 Å². The van der Waals surface area contributed by atoms with Crippen LogP contribution >= 0.6 is 0 Å². The molecule has 0 aliphatic heterocycles. The largest absolute Gasteiger partial charge is 0.323 e. The first kappa shape index (κ1) is 32.1. The Labute approximate surface area is 87.7 Å². The molecule has 0 saturated carbocycles. The zero-order valence-corrected chi connectivity index (χ0v) is 8.92.